The number of hydrogen-bond acceptors (Lipinski definition) is 5. The van der Waals surface area contributed by atoms with Gasteiger partial charge in [-0.1, -0.05) is 17.4 Å². The van der Waals surface area contributed by atoms with Gasteiger partial charge in [-0.25, -0.2) is 4.98 Å². The van der Waals surface area contributed by atoms with Crippen LogP contribution in [0.3, 0.4) is 0 Å². The van der Waals surface area contributed by atoms with E-state index >= 15 is 0 Å². The summed E-state index contributed by atoms with van der Waals surface area (Å²) in [6.45, 7) is 2.03. The summed E-state index contributed by atoms with van der Waals surface area (Å²) in [6.07, 6.45) is 0. The van der Waals surface area contributed by atoms with Crippen molar-refractivity contribution in [2.45, 2.75) is 6.92 Å². The van der Waals surface area contributed by atoms with E-state index in [0.717, 1.165) is 15.8 Å². The average molecular weight is 328 g/mol. The van der Waals surface area contributed by atoms with E-state index in [-0.39, 0.29) is 5.91 Å². The van der Waals surface area contributed by atoms with Crippen LogP contribution < -0.4 is 14.8 Å². The third-order valence-electron chi connectivity index (χ3n) is 3.42. The Morgan fingerprint density at radius 2 is 1.96 bits per heavy atom. The first-order valence-corrected chi connectivity index (χ1v) is 7.83. The summed E-state index contributed by atoms with van der Waals surface area (Å²) >= 11 is 1.45. The minimum Gasteiger partial charge on any atom is -0.497 e. The number of fused-ring (bicyclic) bond motifs is 1. The monoisotopic (exact) mass is 328 g/mol. The normalized spacial score (nSPS) is 10.6. The van der Waals surface area contributed by atoms with E-state index < -0.39 is 0 Å². The number of thiazole rings is 1. The van der Waals surface area contributed by atoms with Crippen LogP contribution in [0.5, 0.6) is 11.5 Å². The minimum atomic E-state index is -0.264. The molecule has 3 aromatic rings. The van der Waals surface area contributed by atoms with Gasteiger partial charge in [0, 0.05) is 6.07 Å². The number of aromatic nitrogens is 1. The highest BCUT2D eigenvalue weighted by Crippen LogP contribution is 2.29. The summed E-state index contributed by atoms with van der Waals surface area (Å²) in [6, 6.07) is 11.1. The van der Waals surface area contributed by atoms with Gasteiger partial charge < -0.3 is 9.47 Å². The first kappa shape index (κ1) is 15.3. The zero-order valence-electron chi connectivity index (χ0n) is 13.0. The SMILES string of the molecule is COc1ccc(C(=O)Nc2nc3ccc(C)cc3s2)c(OC)c1. The molecule has 3 rings (SSSR count). The number of anilines is 1. The van der Waals surface area contributed by atoms with Gasteiger partial charge in [-0.2, -0.15) is 0 Å². The fourth-order valence-electron chi connectivity index (χ4n) is 2.24. The molecule has 0 atom stereocenters. The average Bonchev–Trinajstić information content (AvgIpc) is 2.95. The van der Waals surface area contributed by atoms with Gasteiger partial charge in [-0.3, -0.25) is 10.1 Å². The molecule has 0 spiro atoms. The van der Waals surface area contributed by atoms with Crippen molar-refractivity contribution in [1.82, 2.24) is 4.98 Å². The molecule has 0 aliphatic rings. The summed E-state index contributed by atoms with van der Waals surface area (Å²) < 4.78 is 11.4. The Hall–Kier alpha value is -2.60. The van der Waals surface area contributed by atoms with E-state index in [4.69, 9.17) is 9.47 Å². The van der Waals surface area contributed by atoms with Crippen molar-refractivity contribution < 1.29 is 14.3 Å². The van der Waals surface area contributed by atoms with Gasteiger partial charge in [0.25, 0.3) is 5.91 Å². The van der Waals surface area contributed by atoms with Gasteiger partial charge in [0.2, 0.25) is 0 Å². The molecular weight excluding hydrogens is 312 g/mol. The quantitative estimate of drug-likeness (QED) is 0.790. The molecule has 0 radical (unpaired) electrons. The zero-order chi connectivity index (χ0) is 16.4. The number of nitrogens with zero attached hydrogens (tertiary/aromatic N) is 1. The van der Waals surface area contributed by atoms with E-state index in [9.17, 15) is 4.79 Å². The van der Waals surface area contributed by atoms with Gasteiger partial charge >= 0.3 is 0 Å². The number of aryl methyl sites for hydroxylation is 1. The lowest BCUT2D eigenvalue weighted by molar-refractivity contribution is 0.102. The number of ether oxygens (including phenoxy) is 2. The van der Waals surface area contributed by atoms with Crippen molar-refractivity contribution in [1.29, 1.82) is 0 Å². The summed E-state index contributed by atoms with van der Waals surface area (Å²) in [5.41, 5.74) is 2.47. The second-order valence-corrected chi connectivity index (χ2v) is 6.04. The smallest absolute Gasteiger partial charge is 0.261 e. The molecule has 0 saturated carbocycles. The van der Waals surface area contributed by atoms with Gasteiger partial charge in [0.1, 0.15) is 11.5 Å². The van der Waals surface area contributed by atoms with Gasteiger partial charge in [-0.15, -0.1) is 0 Å². The fraction of sp³-hybridized carbons (Fsp3) is 0.176. The van der Waals surface area contributed by atoms with Gasteiger partial charge in [0.05, 0.1) is 30.0 Å². The number of carbonyl (C=O) groups is 1. The van der Waals surface area contributed by atoms with Crippen LogP contribution in [0.25, 0.3) is 10.2 Å². The number of nitrogens with one attached hydrogen (secondary N) is 1. The molecule has 0 fully saturated rings. The first-order valence-electron chi connectivity index (χ1n) is 7.01. The second kappa shape index (κ2) is 6.26. The Morgan fingerprint density at radius 3 is 2.70 bits per heavy atom. The molecule has 0 aliphatic heterocycles. The molecule has 6 heteroatoms. The summed E-state index contributed by atoms with van der Waals surface area (Å²) in [4.78, 5) is 16.9. The second-order valence-electron chi connectivity index (χ2n) is 5.01. The third kappa shape index (κ3) is 3.12. The van der Waals surface area contributed by atoms with E-state index in [2.05, 4.69) is 16.4 Å². The molecule has 1 aromatic heterocycles. The van der Waals surface area contributed by atoms with Gasteiger partial charge in [-0.05, 0) is 36.8 Å². The Bertz CT molecular complexity index is 873. The maximum Gasteiger partial charge on any atom is 0.261 e. The summed E-state index contributed by atoms with van der Waals surface area (Å²) in [5.74, 6) is 0.827. The lowest BCUT2D eigenvalue weighted by Crippen LogP contribution is -2.13. The molecule has 1 heterocycles. The summed E-state index contributed by atoms with van der Waals surface area (Å²) in [7, 11) is 3.09. The highest BCUT2D eigenvalue weighted by atomic mass is 32.1. The van der Waals surface area contributed by atoms with Crippen LogP contribution in [0.4, 0.5) is 5.13 Å². The number of methoxy groups -OCH3 is 2. The van der Waals surface area contributed by atoms with Crippen molar-refractivity contribution >= 4 is 32.6 Å². The van der Waals surface area contributed by atoms with Crippen molar-refractivity contribution in [3.63, 3.8) is 0 Å². The molecule has 118 valence electrons. The Labute approximate surface area is 137 Å². The van der Waals surface area contributed by atoms with E-state index in [0.29, 0.717) is 22.2 Å². The molecule has 0 bridgehead atoms. The fourth-order valence-corrected chi connectivity index (χ4v) is 3.19. The number of rotatable bonds is 4. The van der Waals surface area contributed by atoms with E-state index in [1.54, 1.807) is 25.3 Å². The Morgan fingerprint density at radius 1 is 1.13 bits per heavy atom. The van der Waals surface area contributed by atoms with Crippen molar-refractivity contribution in [3.8, 4) is 11.5 Å². The third-order valence-corrected chi connectivity index (χ3v) is 4.35. The lowest BCUT2D eigenvalue weighted by Gasteiger charge is -2.09. The first-order chi connectivity index (χ1) is 11.1. The topological polar surface area (TPSA) is 60.5 Å². The van der Waals surface area contributed by atoms with Crippen LogP contribution >= 0.6 is 11.3 Å². The maximum absolute atomic E-state index is 12.5. The minimum absolute atomic E-state index is 0.264. The van der Waals surface area contributed by atoms with Crippen LogP contribution in [-0.4, -0.2) is 25.1 Å². The zero-order valence-corrected chi connectivity index (χ0v) is 13.9. The Balaban J connectivity index is 1.88. The maximum atomic E-state index is 12.5. The molecular formula is C17H16N2O3S. The highest BCUT2D eigenvalue weighted by Gasteiger charge is 2.15. The number of hydrogen-bond donors (Lipinski definition) is 1. The number of benzene rings is 2. The van der Waals surface area contributed by atoms with Crippen molar-refractivity contribution in [2.75, 3.05) is 19.5 Å². The van der Waals surface area contributed by atoms with E-state index in [1.807, 2.05) is 19.1 Å². The van der Waals surface area contributed by atoms with Crippen LogP contribution in [0.2, 0.25) is 0 Å². The molecule has 1 amide bonds. The predicted octanol–water partition coefficient (Wildman–Crippen LogP) is 3.87. The van der Waals surface area contributed by atoms with Gasteiger partial charge in [0.15, 0.2) is 5.13 Å². The van der Waals surface area contributed by atoms with Crippen LogP contribution in [-0.2, 0) is 0 Å². The molecule has 5 nitrogen and oxygen atoms in total. The largest absolute Gasteiger partial charge is 0.497 e. The molecule has 2 aromatic carbocycles. The molecule has 0 aliphatic carbocycles. The number of carbonyl (C=O) groups excluding carboxylic acids is 1. The number of amides is 1. The highest BCUT2D eigenvalue weighted by molar-refractivity contribution is 7.22. The summed E-state index contributed by atoms with van der Waals surface area (Å²) in [5, 5.41) is 3.39. The van der Waals surface area contributed by atoms with Crippen molar-refractivity contribution in [3.05, 3.63) is 47.5 Å². The standard InChI is InChI=1S/C17H16N2O3S/c1-10-4-7-13-15(8-10)23-17(18-13)19-16(20)12-6-5-11(21-2)9-14(12)22-3/h4-9H,1-3H3,(H,18,19,20). The Kier molecular flexibility index (Phi) is 4.16. The lowest BCUT2D eigenvalue weighted by atomic mass is 10.2. The molecule has 0 saturated heterocycles. The molecule has 1 N–H and O–H groups in total. The van der Waals surface area contributed by atoms with Crippen LogP contribution in [0, 0.1) is 6.92 Å². The molecule has 0 unspecified atom stereocenters. The van der Waals surface area contributed by atoms with Crippen LogP contribution in [0.1, 0.15) is 15.9 Å². The van der Waals surface area contributed by atoms with E-state index in [1.165, 1.54) is 18.4 Å². The van der Waals surface area contributed by atoms with Crippen molar-refractivity contribution in [2.24, 2.45) is 0 Å². The molecule has 23 heavy (non-hydrogen) atoms. The van der Waals surface area contributed by atoms with Crippen LogP contribution in [0.15, 0.2) is 36.4 Å². The predicted molar refractivity (Wildman–Crippen MR) is 91.9 cm³/mol.